The van der Waals surface area contributed by atoms with E-state index in [-0.39, 0.29) is 0 Å². The molecule has 0 heterocycles. The van der Waals surface area contributed by atoms with Crippen molar-refractivity contribution in [3.05, 3.63) is 0 Å². The van der Waals surface area contributed by atoms with Crippen LogP contribution in [0.1, 0.15) is 6.92 Å². The molecule has 68 valence electrons. The van der Waals surface area contributed by atoms with Gasteiger partial charge in [-0.05, 0) is 6.54 Å². The van der Waals surface area contributed by atoms with Crippen LogP contribution in [0.25, 0.3) is 0 Å². The molecule has 2 N–H and O–H groups in total. The summed E-state index contributed by atoms with van der Waals surface area (Å²) in [7, 11) is 1.60. The first kappa shape index (κ1) is 10.8. The van der Waals surface area contributed by atoms with Crippen LogP contribution in [-0.4, -0.2) is 40.0 Å². The molecule has 0 bridgehead atoms. The average molecular weight is 162 g/mol. The third-order valence-corrected chi connectivity index (χ3v) is 1.17. The predicted molar refractivity (Wildman–Crippen MR) is 44.4 cm³/mol. The predicted octanol–water partition coefficient (Wildman–Crippen LogP) is -0.236. The third kappa shape index (κ3) is 9.84. The average Bonchev–Trinajstić information content (AvgIpc) is 2.03. The van der Waals surface area contributed by atoms with E-state index in [2.05, 4.69) is 22.6 Å². The van der Waals surface area contributed by atoms with Crippen molar-refractivity contribution in [3.63, 3.8) is 0 Å². The highest BCUT2D eigenvalue weighted by Gasteiger charge is 1.86. The van der Waals surface area contributed by atoms with Crippen molar-refractivity contribution in [2.75, 3.05) is 40.0 Å². The minimum atomic E-state index is 0.694. The van der Waals surface area contributed by atoms with E-state index in [9.17, 15) is 0 Å². The van der Waals surface area contributed by atoms with Crippen LogP contribution in [0.5, 0.6) is 0 Å². The van der Waals surface area contributed by atoms with E-state index in [0.717, 1.165) is 26.2 Å². The van der Waals surface area contributed by atoms with Crippen LogP contribution >= 0.6 is 0 Å². The van der Waals surface area contributed by atoms with Gasteiger partial charge in [0, 0.05) is 13.1 Å². The lowest BCUT2D eigenvalue weighted by Gasteiger charge is -2.04. The summed E-state index contributed by atoms with van der Waals surface area (Å²) in [6.45, 7) is 6.19. The Balaban J connectivity index is 2.69. The van der Waals surface area contributed by atoms with Crippen LogP contribution in [0.2, 0.25) is 0 Å². The Morgan fingerprint density at radius 1 is 1.18 bits per heavy atom. The second kappa shape index (κ2) is 9.84. The quantitative estimate of drug-likeness (QED) is 0.382. The van der Waals surface area contributed by atoms with E-state index >= 15 is 0 Å². The molecule has 0 saturated carbocycles. The van der Waals surface area contributed by atoms with Gasteiger partial charge in [0.2, 0.25) is 0 Å². The van der Waals surface area contributed by atoms with Crippen LogP contribution in [-0.2, 0) is 9.57 Å². The highest BCUT2D eigenvalue weighted by molar-refractivity contribution is 4.40. The zero-order chi connectivity index (χ0) is 8.36. The first-order chi connectivity index (χ1) is 5.41. The van der Waals surface area contributed by atoms with Crippen LogP contribution in [0.15, 0.2) is 0 Å². The summed E-state index contributed by atoms with van der Waals surface area (Å²) >= 11 is 0. The van der Waals surface area contributed by atoms with Crippen molar-refractivity contribution >= 4 is 0 Å². The van der Waals surface area contributed by atoms with Gasteiger partial charge in [-0.2, -0.15) is 0 Å². The summed E-state index contributed by atoms with van der Waals surface area (Å²) in [5, 5.41) is 3.16. The van der Waals surface area contributed by atoms with Gasteiger partial charge in [0.1, 0.15) is 0 Å². The van der Waals surface area contributed by atoms with E-state index < -0.39 is 0 Å². The molecule has 0 aliphatic rings. The van der Waals surface area contributed by atoms with Crippen molar-refractivity contribution in [2.45, 2.75) is 6.92 Å². The highest BCUT2D eigenvalue weighted by atomic mass is 16.6. The number of hydrogen-bond acceptors (Lipinski definition) is 4. The molecule has 4 nitrogen and oxygen atoms in total. The lowest BCUT2D eigenvalue weighted by atomic mass is 10.6. The fourth-order valence-corrected chi connectivity index (χ4v) is 0.639. The zero-order valence-electron chi connectivity index (χ0n) is 7.35. The van der Waals surface area contributed by atoms with Crippen molar-refractivity contribution in [1.82, 2.24) is 10.8 Å². The Morgan fingerprint density at radius 3 is 2.55 bits per heavy atom. The molecule has 4 heteroatoms. The fraction of sp³-hybridized carbons (Fsp3) is 1.00. The number of rotatable bonds is 8. The van der Waals surface area contributed by atoms with E-state index in [4.69, 9.17) is 4.74 Å². The summed E-state index contributed by atoms with van der Waals surface area (Å²) in [5.41, 5.74) is 2.69. The number of nitrogens with one attached hydrogen (secondary N) is 2. The molecular weight excluding hydrogens is 144 g/mol. The van der Waals surface area contributed by atoms with E-state index in [1.54, 1.807) is 7.11 Å². The molecule has 0 fully saturated rings. The van der Waals surface area contributed by atoms with Gasteiger partial charge in [0.25, 0.3) is 0 Å². The lowest BCUT2D eigenvalue weighted by molar-refractivity contribution is 0.0562. The fourth-order valence-electron chi connectivity index (χ4n) is 0.639. The summed E-state index contributed by atoms with van der Waals surface area (Å²) in [4.78, 5) is 4.62. The first-order valence-electron chi connectivity index (χ1n) is 3.96. The first-order valence-corrected chi connectivity index (χ1v) is 3.96. The van der Waals surface area contributed by atoms with Gasteiger partial charge < -0.3 is 14.9 Å². The van der Waals surface area contributed by atoms with E-state index in [1.165, 1.54) is 0 Å². The molecule has 11 heavy (non-hydrogen) atoms. The molecule has 0 atom stereocenters. The van der Waals surface area contributed by atoms with Gasteiger partial charge in [0.05, 0.1) is 20.3 Å². The second-order valence-corrected chi connectivity index (χ2v) is 2.06. The van der Waals surface area contributed by atoms with Gasteiger partial charge in [-0.1, -0.05) is 6.92 Å². The summed E-state index contributed by atoms with van der Waals surface area (Å²) in [6, 6.07) is 0. The molecule has 0 radical (unpaired) electrons. The van der Waals surface area contributed by atoms with Gasteiger partial charge in [-0.3, -0.25) is 0 Å². The number of hydrogen-bond donors (Lipinski definition) is 2. The monoisotopic (exact) mass is 162 g/mol. The Morgan fingerprint density at radius 2 is 1.91 bits per heavy atom. The van der Waals surface area contributed by atoms with E-state index in [0.29, 0.717) is 6.61 Å². The minimum Gasteiger partial charge on any atom is -0.379 e. The summed E-state index contributed by atoms with van der Waals surface area (Å²) in [5.74, 6) is 0. The summed E-state index contributed by atoms with van der Waals surface area (Å²) in [6.07, 6.45) is 0. The van der Waals surface area contributed by atoms with Crippen LogP contribution in [0.4, 0.5) is 0 Å². The zero-order valence-corrected chi connectivity index (χ0v) is 7.35. The third-order valence-electron chi connectivity index (χ3n) is 1.17. The maximum Gasteiger partial charge on any atom is 0.0614 e. The van der Waals surface area contributed by atoms with Gasteiger partial charge in [0.15, 0.2) is 0 Å². The number of likely N-dealkylation sites (N-methyl/N-ethyl adjacent to an activating group) is 1. The molecule has 0 aromatic rings. The second-order valence-electron chi connectivity index (χ2n) is 2.06. The normalized spacial score (nSPS) is 10.4. The molecule has 0 aliphatic heterocycles. The Kier molecular flexibility index (Phi) is 9.70. The van der Waals surface area contributed by atoms with Crippen LogP contribution in [0.3, 0.4) is 0 Å². The molecule has 0 aliphatic carbocycles. The van der Waals surface area contributed by atoms with Gasteiger partial charge in [-0.25, -0.2) is 5.48 Å². The molecule has 0 rings (SSSR count). The minimum absolute atomic E-state index is 0.694. The van der Waals surface area contributed by atoms with E-state index in [1.807, 2.05) is 0 Å². The molecule has 0 amide bonds. The largest absolute Gasteiger partial charge is 0.379 e. The Labute approximate surface area is 68.2 Å². The Hall–Kier alpha value is -0.160. The SMILES string of the molecule is CCNCCOCCNOC. The molecule has 0 unspecified atom stereocenters. The maximum atomic E-state index is 5.23. The number of hydroxylamine groups is 1. The molecule has 0 spiro atoms. The van der Waals surface area contributed by atoms with Crippen molar-refractivity contribution in [1.29, 1.82) is 0 Å². The van der Waals surface area contributed by atoms with Gasteiger partial charge in [-0.15, -0.1) is 0 Å². The van der Waals surface area contributed by atoms with Crippen molar-refractivity contribution in [2.24, 2.45) is 0 Å². The Bertz CT molecular complexity index is 63.5. The van der Waals surface area contributed by atoms with Gasteiger partial charge >= 0.3 is 0 Å². The molecule has 0 saturated heterocycles. The topological polar surface area (TPSA) is 42.5 Å². The molecular formula is C7H18N2O2. The highest BCUT2D eigenvalue weighted by Crippen LogP contribution is 1.71. The smallest absolute Gasteiger partial charge is 0.0614 e. The van der Waals surface area contributed by atoms with Crippen molar-refractivity contribution < 1.29 is 9.57 Å². The standard InChI is InChI=1S/C7H18N2O2/c1-3-8-4-6-11-7-5-9-10-2/h8-9H,3-7H2,1-2H3. The lowest BCUT2D eigenvalue weighted by Crippen LogP contribution is -2.22. The molecule has 0 aromatic heterocycles. The van der Waals surface area contributed by atoms with Crippen LogP contribution < -0.4 is 10.8 Å². The summed E-state index contributed by atoms with van der Waals surface area (Å²) < 4.78 is 5.23. The maximum absolute atomic E-state index is 5.23. The number of ether oxygens (including phenoxy) is 1. The van der Waals surface area contributed by atoms with Crippen LogP contribution in [0, 0.1) is 0 Å². The van der Waals surface area contributed by atoms with Crippen molar-refractivity contribution in [3.8, 4) is 0 Å². The molecule has 0 aromatic carbocycles.